The normalized spacial score (nSPS) is 15.4. The van der Waals surface area contributed by atoms with Crippen molar-refractivity contribution < 1.29 is 9.59 Å². The van der Waals surface area contributed by atoms with Crippen LogP contribution in [0.15, 0.2) is 91.0 Å². The van der Waals surface area contributed by atoms with Gasteiger partial charge in [-0.2, -0.15) is 0 Å². The first-order valence-corrected chi connectivity index (χ1v) is 19.4. The van der Waals surface area contributed by atoms with E-state index in [-0.39, 0.29) is 11.8 Å². The fraction of sp³-hybridized carbons (Fsp3) is 0.340. The van der Waals surface area contributed by atoms with Crippen molar-refractivity contribution in [3.63, 3.8) is 0 Å². The molecule has 54 heavy (non-hydrogen) atoms. The Kier molecular flexibility index (Phi) is 11.1. The maximum absolute atomic E-state index is 13.4. The molecule has 0 unspecified atom stereocenters. The van der Waals surface area contributed by atoms with Gasteiger partial charge in [-0.15, -0.1) is 0 Å². The molecule has 7 heteroatoms. The Morgan fingerprint density at radius 2 is 0.796 bits per heavy atom. The molecule has 5 aromatic rings. The monoisotopic (exact) mass is 719 g/mol. The van der Waals surface area contributed by atoms with Crippen LogP contribution in [-0.2, 0) is 13.1 Å². The molecular weight excluding hydrogens is 667 g/mol. The van der Waals surface area contributed by atoms with Crippen LogP contribution in [0.3, 0.4) is 0 Å². The third-order valence-electron chi connectivity index (χ3n) is 11.7. The van der Waals surface area contributed by atoms with Crippen LogP contribution < -0.4 is 0 Å². The fourth-order valence-corrected chi connectivity index (χ4v) is 7.76. The summed E-state index contributed by atoms with van der Waals surface area (Å²) < 4.78 is 0. The van der Waals surface area contributed by atoms with Gasteiger partial charge >= 0.3 is 0 Å². The van der Waals surface area contributed by atoms with Gasteiger partial charge < -0.3 is 9.80 Å². The molecule has 1 aromatic heterocycles. The lowest BCUT2D eigenvalue weighted by Crippen LogP contribution is -2.48. The number of rotatable bonds is 8. The molecule has 2 amide bonds. The molecule has 0 saturated carbocycles. The standard InChI is InChI=1S/C47H53N5O2/c1-32-26-42(27-33(2)36(32)5)38-10-14-40(15-11-38)46(53)51-22-18-49(19-23-51)30-44-8-7-9-45(48-44)31-50-20-24-52(25-21-50)47(54)41-16-12-39(13-17-41)43-28-34(3)37(6)35(4)29-43/h7-17,26-29H,18-25,30-31H2,1-6H3. The second-order valence-corrected chi connectivity index (χ2v) is 15.4. The van der Waals surface area contributed by atoms with E-state index in [0.717, 1.165) is 72.9 Å². The highest BCUT2D eigenvalue weighted by atomic mass is 16.2. The lowest BCUT2D eigenvalue weighted by Gasteiger charge is -2.35. The Morgan fingerprint density at radius 3 is 1.13 bits per heavy atom. The highest BCUT2D eigenvalue weighted by Crippen LogP contribution is 2.27. The van der Waals surface area contributed by atoms with Crippen molar-refractivity contribution in [2.75, 3.05) is 52.4 Å². The number of aryl methyl sites for hydroxylation is 4. The van der Waals surface area contributed by atoms with Crippen molar-refractivity contribution in [3.05, 3.63) is 147 Å². The number of hydrogen-bond acceptors (Lipinski definition) is 5. The minimum absolute atomic E-state index is 0.0977. The van der Waals surface area contributed by atoms with Crippen molar-refractivity contribution in [2.45, 2.75) is 54.6 Å². The van der Waals surface area contributed by atoms with Crippen LogP contribution in [0.5, 0.6) is 0 Å². The number of amides is 2. The van der Waals surface area contributed by atoms with E-state index in [0.29, 0.717) is 26.2 Å². The first-order chi connectivity index (χ1) is 26.0. The van der Waals surface area contributed by atoms with Crippen LogP contribution in [-0.4, -0.2) is 88.8 Å². The maximum Gasteiger partial charge on any atom is 0.253 e. The molecule has 0 atom stereocenters. The lowest BCUT2D eigenvalue weighted by molar-refractivity contribution is 0.0624. The minimum Gasteiger partial charge on any atom is -0.336 e. The molecule has 2 saturated heterocycles. The number of aromatic nitrogens is 1. The van der Waals surface area contributed by atoms with Crippen LogP contribution in [0.4, 0.5) is 0 Å². The summed E-state index contributed by atoms with van der Waals surface area (Å²) >= 11 is 0. The van der Waals surface area contributed by atoms with E-state index in [1.165, 1.54) is 44.5 Å². The quantitative estimate of drug-likeness (QED) is 0.162. The molecular formula is C47H53N5O2. The Labute approximate surface area is 321 Å². The Hall–Kier alpha value is -5.11. The van der Waals surface area contributed by atoms with E-state index < -0.39 is 0 Å². The third kappa shape index (κ3) is 8.33. The molecule has 2 aliphatic heterocycles. The van der Waals surface area contributed by atoms with Gasteiger partial charge in [0, 0.05) is 76.6 Å². The summed E-state index contributed by atoms with van der Waals surface area (Å²) in [6.07, 6.45) is 0. The molecule has 278 valence electrons. The highest BCUT2D eigenvalue weighted by Gasteiger charge is 2.24. The predicted molar refractivity (Wildman–Crippen MR) is 219 cm³/mol. The smallest absolute Gasteiger partial charge is 0.253 e. The number of carbonyl (C=O) groups is 2. The molecule has 4 aromatic carbocycles. The summed E-state index contributed by atoms with van der Waals surface area (Å²) in [6, 6.07) is 31.3. The number of nitrogens with zero attached hydrogens (tertiary/aromatic N) is 5. The summed E-state index contributed by atoms with van der Waals surface area (Å²) in [4.78, 5) is 40.5. The van der Waals surface area contributed by atoms with Crippen molar-refractivity contribution in [2.24, 2.45) is 0 Å². The zero-order chi connectivity index (χ0) is 37.9. The van der Waals surface area contributed by atoms with Crippen LogP contribution in [0.1, 0.15) is 65.5 Å². The van der Waals surface area contributed by atoms with Gasteiger partial charge in [-0.05, 0) is 134 Å². The summed E-state index contributed by atoms with van der Waals surface area (Å²) in [7, 11) is 0. The number of pyridine rings is 1. The topological polar surface area (TPSA) is 60.0 Å². The maximum atomic E-state index is 13.4. The molecule has 2 fully saturated rings. The average molecular weight is 720 g/mol. The largest absolute Gasteiger partial charge is 0.336 e. The van der Waals surface area contributed by atoms with Crippen molar-refractivity contribution in [1.82, 2.24) is 24.6 Å². The van der Waals surface area contributed by atoms with Gasteiger partial charge in [0.1, 0.15) is 0 Å². The first kappa shape index (κ1) is 37.2. The minimum atomic E-state index is 0.0977. The van der Waals surface area contributed by atoms with Crippen LogP contribution >= 0.6 is 0 Å². The first-order valence-electron chi connectivity index (χ1n) is 19.4. The molecule has 7 nitrogen and oxygen atoms in total. The summed E-state index contributed by atoms with van der Waals surface area (Å²) in [5, 5.41) is 0. The van der Waals surface area contributed by atoms with Crippen molar-refractivity contribution >= 4 is 11.8 Å². The molecule has 0 N–H and O–H groups in total. The van der Waals surface area contributed by atoms with Gasteiger partial charge in [0.25, 0.3) is 11.8 Å². The number of carbonyl (C=O) groups excluding carboxylic acids is 2. The Balaban J connectivity index is 0.867. The van der Waals surface area contributed by atoms with Crippen LogP contribution in [0, 0.1) is 41.5 Å². The summed E-state index contributed by atoms with van der Waals surface area (Å²) in [5.41, 5.74) is 16.0. The zero-order valence-electron chi connectivity index (χ0n) is 32.8. The van der Waals surface area contributed by atoms with Crippen LogP contribution in [0.2, 0.25) is 0 Å². The van der Waals surface area contributed by atoms with Crippen LogP contribution in [0.25, 0.3) is 22.3 Å². The van der Waals surface area contributed by atoms with Gasteiger partial charge in [0.2, 0.25) is 0 Å². The Bertz CT molecular complexity index is 1940. The Morgan fingerprint density at radius 1 is 0.463 bits per heavy atom. The summed E-state index contributed by atoms with van der Waals surface area (Å²) in [5.74, 6) is 0.195. The van der Waals surface area contributed by atoms with Gasteiger partial charge in [-0.1, -0.05) is 54.6 Å². The second-order valence-electron chi connectivity index (χ2n) is 15.4. The molecule has 3 heterocycles. The fourth-order valence-electron chi connectivity index (χ4n) is 7.76. The predicted octanol–water partition coefficient (Wildman–Crippen LogP) is 8.18. The number of piperazine rings is 2. The van der Waals surface area contributed by atoms with E-state index in [2.05, 4.69) is 118 Å². The molecule has 0 aliphatic carbocycles. The second kappa shape index (κ2) is 16.1. The van der Waals surface area contributed by atoms with E-state index >= 15 is 0 Å². The van der Waals surface area contributed by atoms with Gasteiger partial charge in [0.05, 0.1) is 11.4 Å². The zero-order valence-corrected chi connectivity index (χ0v) is 32.8. The lowest BCUT2D eigenvalue weighted by atomic mass is 9.96. The van der Waals surface area contributed by atoms with E-state index in [4.69, 9.17) is 4.98 Å². The van der Waals surface area contributed by atoms with Crippen molar-refractivity contribution in [3.8, 4) is 22.3 Å². The highest BCUT2D eigenvalue weighted by molar-refractivity contribution is 5.95. The van der Waals surface area contributed by atoms with Gasteiger partial charge in [-0.25, -0.2) is 0 Å². The average Bonchev–Trinajstić information content (AvgIpc) is 3.19. The van der Waals surface area contributed by atoms with Gasteiger partial charge in [-0.3, -0.25) is 24.4 Å². The van der Waals surface area contributed by atoms with E-state index in [1.807, 2.05) is 34.1 Å². The third-order valence-corrected chi connectivity index (χ3v) is 11.7. The molecule has 7 rings (SSSR count). The number of benzene rings is 4. The summed E-state index contributed by atoms with van der Waals surface area (Å²) in [6.45, 7) is 20.6. The molecule has 0 bridgehead atoms. The van der Waals surface area contributed by atoms with E-state index in [9.17, 15) is 9.59 Å². The van der Waals surface area contributed by atoms with E-state index in [1.54, 1.807) is 0 Å². The number of hydrogen-bond donors (Lipinski definition) is 0. The molecule has 0 spiro atoms. The van der Waals surface area contributed by atoms with Gasteiger partial charge in [0.15, 0.2) is 0 Å². The molecule has 2 aliphatic rings. The SMILES string of the molecule is Cc1cc(-c2ccc(C(=O)N3CCN(Cc4cccc(CN5CCN(C(=O)c6ccc(-c7cc(C)c(C)c(C)c7)cc6)CC5)n4)CC3)cc2)cc(C)c1C. The van der Waals surface area contributed by atoms with Crippen molar-refractivity contribution in [1.29, 1.82) is 0 Å². The molecule has 0 radical (unpaired) electrons.